The minimum atomic E-state index is -0.887. The number of methoxy groups -OCH3 is 2. The average Bonchev–Trinajstić information content (AvgIpc) is 2.61. The van der Waals surface area contributed by atoms with Gasteiger partial charge in [-0.15, -0.1) is 0 Å². The summed E-state index contributed by atoms with van der Waals surface area (Å²) in [5.74, 6) is 0.0736. The van der Waals surface area contributed by atoms with Crippen LogP contribution in [0, 0.1) is 0 Å². The Labute approximate surface area is 134 Å². The lowest BCUT2D eigenvalue weighted by Gasteiger charge is -2.13. The van der Waals surface area contributed by atoms with Gasteiger partial charge in [0.25, 0.3) is 0 Å². The molecule has 1 atom stereocenters. The van der Waals surface area contributed by atoms with Crippen LogP contribution in [-0.2, 0) is 4.74 Å². The zero-order chi connectivity index (χ0) is 16.8. The van der Waals surface area contributed by atoms with Crippen LogP contribution in [0.15, 0.2) is 48.5 Å². The minimum Gasteiger partial charge on any atom is -0.497 e. The van der Waals surface area contributed by atoms with Gasteiger partial charge in [-0.3, -0.25) is 4.79 Å². The van der Waals surface area contributed by atoms with Gasteiger partial charge in [-0.25, -0.2) is 4.79 Å². The Morgan fingerprint density at radius 1 is 0.870 bits per heavy atom. The van der Waals surface area contributed by atoms with Crippen LogP contribution in [0.1, 0.15) is 27.6 Å². The number of hydrogen-bond acceptors (Lipinski definition) is 5. The minimum absolute atomic E-state index is 0.256. The molecule has 0 aromatic heterocycles. The molecule has 0 spiro atoms. The van der Waals surface area contributed by atoms with E-state index in [0.717, 1.165) is 0 Å². The number of ketones is 1. The fraction of sp³-hybridized carbons (Fsp3) is 0.222. The summed E-state index contributed by atoms with van der Waals surface area (Å²) in [7, 11) is 2.98. The summed E-state index contributed by atoms with van der Waals surface area (Å²) in [6, 6.07) is 13.4. The molecule has 0 aliphatic carbocycles. The number of Topliss-reactive ketones (excluding diaryl/α,β-unsaturated/α-hetero) is 1. The van der Waals surface area contributed by atoms with Gasteiger partial charge >= 0.3 is 5.97 Å². The third-order valence-corrected chi connectivity index (χ3v) is 3.30. The predicted octanol–water partition coefficient (Wildman–Crippen LogP) is 3.13. The molecule has 0 N–H and O–H groups in total. The Hall–Kier alpha value is -2.82. The average molecular weight is 314 g/mol. The van der Waals surface area contributed by atoms with Crippen LogP contribution in [0.2, 0.25) is 0 Å². The first-order valence-corrected chi connectivity index (χ1v) is 7.08. The second-order valence-corrected chi connectivity index (χ2v) is 4.88. The van der Waals surface area contributed by atoms with Gasteiger partial charge < -0.3 is 14.2 Å². The van der Waals surface area contributed by atoms with Crippen molar-refractivity contribution in [2.24, 2.45) is 0 Å². The number of ether oxygens (including phenoxy) is 3. The molecule has 0 fully saturated rings. The van der Waals surface area contributed by atoms with Crippen LogP contribution in [-0.4, -0.2) is 32.1 Å². The van der Waals surface area contributed by atoms with E-state index in [1.54, 1.807) is 37.3 Å². The highest BCUT2D eigenvalue weighted by molar-refractivity contribution is 6.01. The predicted molar refractivity (Wildman–Crippen MR) is 85.2 cm³/mol. The lowest BCUT2D eigenvalue weighted by Crippen LogP contribution is -2.24. The number of carbonyl (C=O) groups is 2. The van der Waals surface area contributed by atoms with E-state index in [1.807, 2.05) is 6.07 Å². The molecule has 0 radical (unpaired) electrons. The van der Waals surface area contributed by atoms with Crippen LogP contribution in [0.25, 0.3) is 0 Å². The molecule has 23 heavy (non-hydrogen) atoms. The number of rotatable bonds is 6. The maximum Gasteiger partial charge on any atom is 0.339 e. The fourth-order valence-electron chi connectivity index (χ4n) is 2.04. The van der Waals surface area contributed by atoms with Gasteiger partial charge in [-0.1, -0.05) is 30.3 Å². The molecule has 2 rings (SSSR count). The molecule has 0 unspecified atom stereocenters. The summed E-state index contributed by atoms with van der Waals surface area (Å²) in [6.07, 6.45) is -0.887. The van der Waals surface area contributed by atoms with Crippen molar-refractivity contribution >= 4 is 11.8 Å². The number of carbonyl (C=O) groups excluding carboxylic acids is 2. The summed E-state index contributed by atoms with van der Waals surface area (Å²) in [4.78, 5) is 24.5. The first kappa shape index (κ1) is 16.5. The first-order valence-electron chi connectivity index (χ1n) is 7.08. The summed E-state index contributed by atoms with van der Waals surface area (Å²) in [6.45, 7) is 1.55. The first-order chi connectivity index (χ1) is 11.0. The highest BCUT2D eigenvalue weighted by Crippen LogP contribution is 2.23. The quantitative estimate of drug-likeness (QED) is 0.605. The Morgan fingerprint density at radius 3 is 1.96 bits per heavy atom. The molecule has 120 valence electrons. The van der Waals surface area contributed by atoms with E-state index in [2.05, 4.69) is 0 Å². The van der Waals surface area contributed by atoms with Gasteiger partial charge in [0.2, 0.25) is 5.78 Å². The Balaban J connectivity index is 2.14. The van der Waals surface area contributed by atoms with Gasteiger partial charge in [-0.2, -0.15) is 0 Å². The van der Waals surface area contributed by atoms with Crippen molar-refractivity contribution in [2.75, 3.05) is 14.2 Å². The maximum absolute atomic E-state index is 12.2. The van der Waals surface area contributed by atoms with Crippen molar-refractivity contribution in [3.63, 3.8) is 0 Å². The van der Waals surface area contributed by atoms with Crippen LogP contribution in [0.4, 0.5) is 0 Å². The molecular weight excluding hydrogens is 296 g/mol. The Kier molecular flexibility index (Phi) is 5.36. The SMILES string of the molecule is COc1cc(OC)cc(C(=O)O[C@@H](C)C(=O)c2ccccc2)c1. The molecule has 2 aromatic carbocycles. The lowest BCUT2D eigenvalue weighted by atomic mass is 10.1. The largest absolute Gasteiger partial charge is 0.497 e. The molecular formula is C18H18O5. The van der Waals surface area contributed by atoms with E-state index in [-0.39, 0.29) is 11.3 Å². The molecule has 0 aliphatic heterocycles. The van der Waals surface area contributed by atoms with E-state index in [4.69, 9.17) is 14.2 Å². The molecule has 5 heteroatoms. The van der Waals surface area contributed by atoms with Gasteiger partial charge in [0.15, 0.2) is 6.10 Å². The summed E-state index contributed by atoms with van der Waals surface area (Å²) in [5, 5.41) is 0. The second-order valence-electron chi connectivity index (χ2n) is 4.88. The standard InChI is InChI=1S/C18H18O5/c1-12(17(19)13-7-5-4-6-8-13)23-18(20)14-9-15(21-2)11-16(10-14)22-3/h4-12H,1-3H3/t12-/m0/s1. The van der Waals surface area contributed by atoms with Crippen molar-refractivity contribution in [2.45, 2.75) is 13.0 Å². The van der Waals surface area contributed by atoms with E-state index in [0.29, 0.717) is 17.1 Å². The van der Waals surface area contributed by atoms with E-state index in [9.17, 15) is 9.59 Å². The van der Waals surface area contributed by atoms with E-state index < -0.39 is 12.1 Å². The van der Waals surface area contributed by atoms with Crippen LogP contribution in [0.5, 0.6) is 11.5 Å². The lowest BCUT2D eigenvalue weighted by molar-refractivity contribution is 0.0318. The molecule has 0 amide bonds. The Morgan fingerprint density at radius 2 is 1.43 bits per heavy atom. The molecule has 0 aliphatic rings. The molecule has 0 saturated carbocycles. The maximum atomic E-state index is 12.2. The molecule has 2 aromatic rings. The van der Waals surface area contributed by atoms with Gasteiger partial charge in [0, 0.05) is 11.6 Å². The van der Waals surface area contributed by atoms with Crippen molar-refractivity contribution < 1.29 is 23.8 Å². The topological polar surface area (TPSA) is 61.8 Å². The summed E-state index contributed by atoms with van der Waals surface area (Å²) in [5.41, 5.74) is 0.755. The van der Waals surface area contributed by atoms with Crippen molar-refractivity contribution in [1.29, 1.82) is 0 Å². The number of hydrogen-bond donors (Lipinski definition) is 0. The number of benzene rings is 2. The molecule has 0 heterocycles. The number of esters is 1. The molecule has 0 bridgehead atoms. The zero-order valence-electron chi connectivity index (χ0n) is 13.2. The van der Waals surface area contributed by atoms with Crippen molar-refractivity contribution in [3.05, 3.63) is 59.7 Å². The van der Waals surface area contributed by atoms with E-state index in [1.165, 1.54) is 26.4 Å². The van der Waals surface area contributed by atoms with Gasteiger partial charge in [0.1, 0.15) is 11.5 Å². The normalized spacial score (nSPS) is 11.4. The van der Waals surface area contributed by atoms with Crippen LogP contribution in [0.3, 0.4) is 0 Å². The zero-order valence-corrected chi connectivity index (χ0v) is 13.2. The summed E-state index contributed by atoms with van der Waals surface area (Å²) < 4.78 is 15.5. The van der Waals surface area contributed by atoms with Gasteiger partial charge in [-0.05, 0) is 19.1 Å². The Bertz CT molecular complexity index is 672. The molecule has 5 nitrogen and oxygen atoms in total. The van der Waals surface area contributed by atoms with E-state index >= 15 is 0 Å². The fourth-order valence-corrected chi connectivity index (χ4v) is 2.04. The van der Waals surface area contributed by atoms with Crippen molar-refractivity contribution in [3.8, 4) is 11.5 Å². The van der Waals surface area contributed by atoms with Crippen LogP contribution >= 0.6 is 0 Å². The van der Waals surface area contributed by atoms with Gasteiger partial charge in [0.05, 0.1) is 19.8 Å². The smallest absolute Gasteiger partial charge is 0.339 e. The second kappa shape index (κ2) is 7.45. The monoisotopic (exact) mass is 314 g/mol. The third-order valence-electron chi connectivity index (χ3n) is 3.30. The van der Waals surface area contributed by atoms with Crippen molar-refractivity contribution in [1.82, 2.24) is 0 Å². The molecule has 0 saturated heterocycles. The van der Waals surface area contributed by atoms with Crippen LogP contribution < -0.4 is 9.47 Å². The summed E-state index contributed by atoms with van der Waals surface area (Å²) >= 11 is 0. The highest BCUT2D eigenvalue weighted by atomic mass is 16.5. The third kappa shape index (κ3) is 4.10. The highest BCUT2D eigenvalue weighted by Gasteiger charge is 2.21.